The van der Waals surface area contributed by atoms with Gasteiger partial charge in [-0.3, -0.25) is 14.9 Å². The number of nitro groups is 1. The lowest BCUT2D eigenvalue weighted by Crippen LogP contribution is -2.34. The van der Waals surface area contributed by atoms with Crippen LogP contribution in [0.25, 0.3) is 0 Å². The van der Waals surface area contributed by atoms with Crippen molar-refractivity contribution in [3.8, 4) is 0 Å². The standard InChI is InChI=1S/C12H15N3O3/c1-8-4-3-7-14(8)12(16)9-5-2-6-10(13)11(9)15(17)18/h2,5-6,8H,3-4,7,13H2,1H3. The van der Waals surface area contributed by atoms with E-state index < -0.39 is 4.92 Å². The van der Waals surface area contributed by atoms with Crippen molar-refractivity contribution in [1.82, 2.24) is 4.90 Å². The van der Waals surface area contributed by atoms with Gasteiger partial charge >= 0.3 is 5.69 Å². The zero-order chi connectivity index (χ0) is 13.3. The van der Waals surface area contributed by atoms with Crippen LogP contribution in [0.4, 0.5) is 11.4 Å². The normalized spacial score (nSPS) is 18.9. The Morgan fingerprint density at radius 2 is 2.28 bits per heavy atom. The van der Waals surface area contributed by atoms with E-state index in [2.05, 4.69) is 0 Å². The molecule has 18 heavy (non-hydrogen) atoms. The number of anilines is 1. The first-order valence-electron chi connectivity index (χ1n) is 5.86. The maximum absolute atomic E-state index is 12.3. The fourth-order valence-electron chi connectivity index (χ4n) is 2.33. The highest BCUT2D eigenvalue weighted by Gasteiger charge is 2.31. The Morgan fingerprint density at radius 1 is 1.56 bits per heavy atom. The molecular formula is C12H15N3O3. The lowest BCUT2D eigenvalue weighted by atomic mass is 10.1. The highest BCUT2D eigenvalue weighted by Crippen LogP contribution is 2.29. The molecule has 1 amide bonds. The van der Waals surface area contributed by atoms with Gasteiger partial charge in [0.2, 0.25) is 0 Å². The molecule has 0 aromatic heterocycles. The molecule has 1 aromatic rings. The van der Waals surface area contributed by atoms with Crippen molar-refractivity contribution < 1.29 is 9.72 Å². The Labute approximate surface area is 105 Å². The summed E-state index contributed by atoms with van der Waals surface area (Å²) in [6, 6.07) is 4.58. The number of carbonyl (C=O) groups is 1. The molecule has 2 N–H and O–H groups in total. The SMILES string of the molecule is CC1CCCN1C(=O)c1cccc(N)c1[N+](=O)[O-]. The Hall–Kier alpha value is -2.11. The van der Waals surface area contributed by atoms with Gasteiger partial charge in [0.1, 0.15) is 11.3 Å². The Bertz CT molecular complexity index is 501. The molecule has 1 fully saturated rings. The number of carbonyl (C=O) groups excluding carboxylic acids is 1. The summed E-state index contributed by atoms with van der Waals surface area (Å²) in [7, 11) is 0. The smallest absolute Gasteiger partial charge is 0.304 e. The minimum Gasteiger partial charge on any atom is -0.393 e. The largest absolute Gasteiger partial charge is 0.393 e. The van der Waals surface area contributed by atoms with Crippen LogP contribution in [-0.2, 0) is 0 Å². The van der Waals surface area contributed by atoms with E-state index in [1.54, 1.807) is 11.0 Å². The molecule has 1 atom stereocenters. The molecule has 0 saturated carbocycles. The number of nitrogens with zero attached hydrogens (tertiary/aromatic N) is 2. The number of likely N-dealkylation sites (tertiary alicyclic amines) is 1. The zero-order valence-electron chi connectivity index (χ0n) is 10.1. The summed E-state index contributed by atoms with van der Waals surface area (Å²) in [5.74, 6) is -0.306. The topological polar surface area (TPSA) is 89.5 Å². The average molecular weight is 249 g/mol. The van der Waals surface area contributed by atoms with Gasteiger partial charge in [0.15, 0.2) is 0 Å². The Kier molecular flexibility index (Phi) is 3.18. The first-order chi connectivity index (χ1) is 8.52. The number of hydrogen-bond donors (Lipinski definition) is 1. The van der Waals surface area contributed by atoms with E-state index in [1.807, 2.05) is 6.92 Å². The van der Waals surface area contributed by atoms with Gasteiger partial charge in [0.05, 0.1) is 4.92 Å². The second-order valence-electron chi connectivity index (χ2n) is 4.49. The van der Waals surface area contributed by atoms with Crippen LogP contribution in [-0.4, -0.2) is 28.3 Å². The van der Waals surface area contributed by atoms with Gasteiger partial charge in [-0.05, 0) is 31.9 Å². The third kappa shape index (κ3) is 2.01. The van der Waals surface area contributed by atoms with Crippen LogP contribution in [0.15, 0.2) is 18.2 Å². The molecule has 1 aromatic carbocycles. The fourth-order valence-corrected chi connectivity index (χ4v) is 2.33. The molecule has 2 rings (SSSR count). The summed E-state index contributed by atoms with van der Waals surface area (Å²) in [5, 5.41) is 11.0. The van der Waals surface area contributed by atoms with Crippen LogP contribution in [0.5, 0.6) is 0 Å². The second kappa shape index (κ2) is 4.64. The molecule has 1 aliphatic heterocycles. The van der Waals surface area contributed by atoms with E-state index in [1.165, 1.54) is 12.1 Å². The summed E-state index contributed by atoms with van der Waals surface area (Å²) < 4.78 is 0. The summed E-state index contributed by atoms with van der Waals surface area (Å²) in [4.78, 5) is 24.4. The predicted octanol–water partition coefficient (Wildman–Crippen LogP) is 1.80. The summed E-state index contributed by atoms with van der Waals surface area (Å²) >= 11 is 0. The molecule has 1 unspecified atom stereocenters. The summed E-state index contributed by atoms with van der Waals surface area (Å²) in [6.07, 6.45) is 1.87. The van der Waals surface area contributed by atoms with E-state index in [0.717, 1.165) is 12.8 Å². The summed E-state index contributed by atoms with van der Waals surface area (Å²) in [6.45, 7) is 2.59. The molecule has 96 valence electrons. The van der Waals surface area contributed by atoms with Crippen molar-refractivity contribution in [2.45, 2.75) is 25.8 Å². The van der Waals surface area contributed by atoms with Gasteiger partial charge in [-0.15, -0.1) is 0 Å². The molecule has 1 saturated heterocycles. The molecule has 0 bridgehead atoms. The molecular weight excluding hydrogens is 234 g/mol. The molecule has 0 aliphatic carbocycles. The van der Waals surface area contributed by atoms with Crippen LogP contribution >= 0.6 is 0 Å². The first kappa shape index (κ1) is 12.3. The van der Waals surface area contributed by atoms with E-state index >= 15 is 0 Å². The van der Waals surface area contributed by atoms with E-state index in [4.69, 9.17) is 5.73 Å². The number of benzene rings is 1. The van der Waals surface area contributed by atoms with E-state index in [-0.39, 0.29) is 28.9 Å². The fraction of sp³-hybridized carbons (Fsp3) is 0.417. The lowest BCUT2D eigenvalue weighted by Gasteiger charge is -2.21. The number of nitrogens with two attached hydrogens (primary N) is 1. The van der Waals surface area contributed by atoms with Gasteiger partial charge < -0.3 is 10.6 Å². The van der Waals surface area contributed by atoms with Crippen molar-refractivity contribution in [3.63, 3.8) is 0 Å². The van der Waals surface area contributed by atoms with Crippen molar-refractivity contribution in [3.05, 3.63) is 33.9 Å². The third-order valence-corrected chi connectivity index (χ3v) is 3.29. The molecule has 0 spiro atoms. The number of nitro benzene ring substituents is 1. The number of para-hydroxylation sites is 1. The average Bonchev–Trinajstić information content (AvgIpc) is 2.73. The first-order valence-corrected chi connectivity index (χ1v) is 5.86. The highest BCUT2D eigenvalue weighted by molar-refractivity contribution is 6.00. The van der Waals surface area contributed by atoms with Crippen molar-refractivity contribution in [2.24, 2.45) is 0 Å². The van der Waals surface area contributed by atoms with Gasteiger partial charge in [-0.2, -0.15) is 0 Å². The monoisotopic (exact) mass is 249 g/mol. The van der Waals surface area contributed by atoms with Crippen LogP contribution in [0, 0.1) is 10.1 Å². The van der Waals surface area contributed by atoms with Crippen molar-refractivity contribution >= 4 is 17.3 Å². The maximum Gasteiger partial charge on any atom is 0.304 e. The summed E-state index contributed by atoms with van der Waals surface area (Å²) in [5.41, 5.74) is 5.39. The molecule has 1 heterocycles. The quantitative estimate of drug-likeness (QED) is 0.491. The minimum absolute atomic E-state index is 0.0256. The van der Waals surface area contributed by atoms with E-state index in [0.29, 0.717) is 6.54 Å². The van der Waals surface area contributed by atoms with Gasteiger partial charge in [0.25, 0.3) is 5.91 Å². The van der Waals surface area contributed by atoms with Crippen LogP contribution in [0.2, 0.25) is 0 Å². The Morgan fingerprint density at radius 3 is 2.83 bits per heavy atom. The second-order valence-corrected chi connectivity index (χ2v) is 4.49. The van der Waals surface area contributed by atoms with Crippen LogP contribution in [0.3, 0.4) is 0 Å². The number of nitrogen functional groups attached to an aromatic ring is 1. The van der Waals surface area contributed by atoms with Gasteiger partial charge in [-0.1, -0.05) is 6.07 Å². The number of amides is 1. The van der Waals surface area contributed by atoms with E-state index in [9.17, 15) is 14.9 Å². The highest BCUT2D eigenvalue weighted by atomic mass is 16.6. The molecule has 6 nitrogen and oxygen atoms in total. The van der Waals surface area contributed by atoms with Gasteiger partial charge in [-0.25, -0.2) is 0 Å². The lowest BCUT2D eigenvalue weighted by molar-refractivity contribution is -0.384. The maximum atomic E-state index is 12.3. The Balaban J connectivity index is 2.42. The third-order valence-electron chi connectivity index (χ3n) is 3.29. The minimum atomic E-state index is -0.594. The molecule has 6 heteroatoms. The molecule has 0 radical (unpaired) electrons. The zero-order valence-corrected chi connectivity index (χ0v) is 10.1. The van der Waals surface area contributed by atoms with Crippen LogP contribution < -0.4 is 5.73 Å². The van der Waals surface area contributed by atoms with Gasteiger partial charge in [0, 0.05) is 12.6 Å². The number of hydrogen-bond acceptors (Lipinski definition) is 4. The predicted molar refractivity (Wildman–Crippen MR) is 67.2 cm³/mol. The molecule has 1 aliphatic rings. The number of rotatable bonds is 2. The van der Waals surface area contributed by atoms with Crippen LogP contribution in [0.1, 0.15) is 30.1 Å². The van der Waals surface area contributed by atoms with Crippen molar-refractivity contribution in [1.29, 1.82) is 0 Å². The van der Waals surface area contributed by atoms with Crippen molar-refractivity contribution in [2.75, 3.05) is 12.3 Å².